The summed E-state index contributed by atoms with van der Waals surface area (Å²) in [5.41, 5.74) is 0.980. The Kier molecular flexibility index (Phi) is 6.47. The Morgan fingerprint density at radius 1 is 1.09 bits per heavy atom. The summed E-state index contributed by atoms with van der Waals surface area (Å²) in [5, 5.41) is 0. The van der Waals surface area contributed by atoms with E-state index in [1.807, 2.05) is 55.5 Å². The molecule has 0 atom stereocenters. The van der Waals surface area contributed by atoms with Crippen LogP contribution in [0.5, 0.6) is 11.5 Å². The normalized spacial score (nSPS) is 10.2. The molecule has 4 nitrogen and oxygen atoms in total. The quantitative estimate of drug-likeness (QED) is 0.734. The van der Waals surface area contributed by atoms with Crippen molar-refractivity contribution < 1.29 is 14.3 Å². The van der Waals surface area contributed by atoms with Crippen LogP contribution in [0.25, 0.3) is 0 Å². The Morgan fingerprint density at radius 3 is 2.48 bits per heavy atom. The standard InChI is InChI=1S/C18H20BrNO3/c1-3-22-17-7-5-4-6-14(17)12-20(2)18(21)13-23-16-10-8-15(19)9-11-16/h4-11H,3,12-13H2,1-2H3. The van der Waals surface area contributed by atoms with Crippen LogP contribution in [0.1, 0.15) is 12.5 Å². The number of ether oxygens (including phenoxy) is 2. The van der Waals surface area contributed by atoms with E-state index in [-0.39, 0.29) is 12.5 Å². The van der Waals surface area contributed by atoms with Gasteiger partial charge in [0.1, 0.15) is 11.5 Å². The van der Waals surface area contributed by atoms with Crippen molar-refractivity contribution in [2.75, 3.05) is 20.3 Å². The Bertz CT molecular complexity index is 643. The number of halogens is 1. The van der Waals surface area contributed by atoms with Gasteiger partial charge in [0.15, 0.2) is 6.61 Å². The number of likely N-dealkylation sites (N-methyl/N-ethyl adjacent to an activating group) is 1. The fraction of sp³-hybridized carbons (Fsp3) is 0.278. The maximum Gasteiger partial charge on any atom is 0.260 e. The summed E-state index contributed by atoms with van der Waals surface area (Å²) in [6.07, 6.45) is 0. The van der Waals surface area contributed by atoms with Gasteiger partial charge in [0.05, 0.1) is 6.61 Å². The van der Waals surface area contributed by atoms with Crippen molar-refractivity contribution in [2.24, 2.45) is 0 Å². The molecule has 0 fully saturated rings. The summed E-state index contributed by atoms with van der Waals surface area (Å²) < 4.78 is 12.1. The van der Waals surface area contributed by atoms with Crippen molar-refractivity contribution in [3.63, 3.8) is 0 Å². The molecule has 5 heteroatoms. The Hall–Kier alpha value is -2.01. The van der Waals surface area contributed by atoms with Gasteiger partial charge in [-0.1, -0.05) is 34.1 Å². The molecule has 0 aromatic heterocycles. The summed E-state index contributed by atoms with van der Waals surface area (Å²) in [4.78, 5) is 13.8. The second-order valence-electron chi connectivity index (χ2n) is 5.03. The van der Waals surface area contributed by atoms with Gasteiger partial charge < -0.3 is 14.4 Å². The summed E-state index contributed by atoms with van der Waals surface area (Å²) in [7, 11) is 1.76. The molecule has 0 aliphatic carbocycles. The highest BCUT2D eigenvalue weighted by atomic mass is 79.9. The fourth-order valence-electron chi connectivity index (χ4n) is 2.06. The number of benzene rings is 2. The summed E-state index contributed by atoms with van der Waals surface area (Å²) in [6.45, 7) is 3.03. The minimum absolute atomic E-state index is 0.00886. The lowest BCUT2D eigenvalue weighted by atomic mass is 10.2. The highest BCUT2D eigenvalue weighted by Crippen LogP contribution is 2.20. The van der Waals surface area contributed by atoms with Crippen molar-refractivity contribution in [2.45, 2.75) is 13.5 Å². The van der Waals surface area contributed by atoms with Gasteiger partial charge >= 0.3 is 0 Å². The first kappa shape index (κ1) is 17.3. The average Bonchev–Trinajstić information content (AvgIpc) is 2.56. The maximum atomic E-state index is 12.2. The molecule has 0 aliphatic rings. The van der Waals surface area contributed by atoms with Crippen LogP contribution in [-0.4, -0.2) is 31.1 Å². The molecular weight excluding hydrogens is 358 g/mol. The van der Waals surface area contributed by atoms with E-state index in [1.54, 1.807) is 11.9 Å². The molecule has 23 heavy (non-hydrogen) atoms. The zero-order valence-corrected chi connectivity index (χ0v) is 14.9. The summed E-state index contributed by atoms with van der Waals surface area (Å²) >= 11 is 3.36. The number of hydrogen-bond donors (Lipinski definition) is 0. The SMILES string of the molecule is CCOc1ccccc1CN(C)C(=O)COc1ccc(Br)cc1. The second-order valence-corrected chi connectivity index (χ2v) is 5.95. The molecule has 2 aromatic carbocycles. The number of nitrogens with zero attached hydrogens (tertiary/aromatic N) is 1. The first-order valence-electron chi connectivity index (χ1n) is 7.43. The Labute approximate surface area is 145 Å². The minimum Gasteiger partial charge on any atom is -0.494 e. The van der Waals surface area contributed by atoms with Gasteiger partial charge in [0.2, 0.25) is 0 Å². The third-order valence-electron chi connectivity index (χ3n) is 3.28. The molecule has 2 aromatic rings. The molecule has 0 heterocycles. The highest BCUT2D eigenvalue weighted by Gasteiger charge is 2.12. The van der Waals surface area contributed by atoms with Gasteiger partial charge in [-0.3, -0.25) is 4.79 Å². The van der Waals surface area contributed by atoms with Gasteiger partial charge in [-0.15, -0.1) is 0 Å². The molecule has 0 bridgehead atoms. The number of para-hydroxylation sites is 1. The first-order valence-corrected chi connectivity index (χ1v) is 8.22. The number of carbonyl (C=O) groups is 1. The predicted octanol–water partition coefficient (Wildman–Crippen LogP) is 3.89. The fourth-order valence-corrected chi connectivity index (χ4v) is 2.32. The molecule has 0 saturated heterocycles. The van der Waals surface area contributed by atoms with Gasteiger partial charge in [-0.05, 0) is 37.3 Å². The summed E-state index contributed by atoms with van der Waals surface area (Å²) in [5.74, 6) is 1.40. The van der Waals surface area contributed by atoms with Crippen molar-refractivity contribution >= 4 is 21.8 Å². The van der Waals surface area contributed by atoms with Crippen LogP contribution in [0, 0.1) is 0 Å². The molecule has 0 unspecified atom stereocenters. The van der Waals surface area contributed by atoms with Crippen LogP contribution >= 0.6 is 15.9 Å². The second kappa shape index (κ2) is 8.58. The molecular formula is C18H20BrNO3. The maximum absolute atomic E-state index is 12.2. The molecule has 0 spiro atoms. The predicted molar refractivity (Wildman–Crippen MR) is 93.7 cm³/mol. The number of carbonyl (C=O) groups excluding carboxylic acids is 1. The highest BCUT2D eigenvalue weighted by molar-refractivity contribution is 9.10. The third kappa shape index (κ3) is 5.28. The molecule has 1 amide bonds. The van der Waals surface area contributed by atoms with Gasteiger partial charge in [0, 0.05) is 23.6 Å². The number of amides is 1. The van der Waals surface area contributed by atoms with Crippen molar-refractivity contribution in [3.8, 4) is 11.5 Å². The van der Waals surface area contributed by atoms with Crippen LogP contribution in [0.15, 0.2) is 53.0 Å². The third-order valence-corrected chi connectivity index (χ3v) is 3.81. The Balaban J connectivity index is 1.91. The van der Waals surface area contributed by atoms with Crippen LogP contribution in [0.4, 0.5) is 0 Å². The molecule has 122 valence electrons. The zero-order chi connectivity index (χ0) is 16.7. The zero-order valence-electron chi connectivity index (χ0n) is 13.3. The molecule has 0 saturated carbocycles. The molecule has 0 N–H and O–H groups in total. The Morgan fingerprint density at radius 2 is 1.78 bits per heavy atom. The minimum atomic E-state index is -0.0841. The lowest BCUT2D eigenvalue weighted by Gasteiger charge is -2.19. The average molecular weight is 378 g/mol. The van der Waals surface area contributed by atoms with E-state index in [2.05, 4.69) is 15.9 Å². The van der Waals surface area contributed by atoms with Gasteiger partial charge in [0.25, 0.3) is 5.91 Å². The molecule has 0 radical (unpaired) electrons. The number of rotatable bonds is 7. The van der Waals surface area contributed by atoms with E-state index >= 15 is 0 Å². The van der Waals surface area contributed by atoms with Crippen LogP contribution < -0.4 is 9.47 Å². The van der Waals surface area contributed by atoms with Crippen LogP contribution in [0.3, 0.4) is 0 Å². The first-order chi connectivity index (χ1) is 11.1. The largest absolute Gasteiger partial charge is 0.494 e. The van der Waals surface area contributed by atoms with Crippen molar-refractivity contribution in [1.82, 2.24) is 4.90 Å². The smallest absolute Gasteiger partial charge is 0.260 e. The molecule has 2 rings (SSSR count). The van der Waals surface area contributed by atoms with E-state index < -0.39 is 0 Å². The van der Waals surface area contributed by atoms with E-state index in [4.69, 9.17) is 9.47 Å². The van der Waals surface area contributed by atoms with Crippen molar-refractivity contribution in [3.05, 3.63) is 58.6 Å². The van der Waals surface area contributed by atoms with Gasteiger partial charge in [-0.2, -0.15) is 0 Å². The van der Waals surface area contributed by atoms with E-state index in [9.17, 15) is 4.79 Å². The monoisotopic (exact) mass is 377 g/mol. The lowest BCUT2D eigenvalue weighted by molar-refractivity contribution is -0.132. The lowest BCUT2D eigenvalue weighted by Crippen LogP contribution is -2.31. The van der Waals surface area contributed by atoms with Gasteiger partial charge in [-0.25, -0.2) is 0 Å². The van der Waals surface area contributed by atoms with E-state index in [1.165, 1.54) is 0 Å². The summed E-state index contributed by atoms with van der Waals surface area (Å²) in [6, 6.07) is 15.1. The van der Waals surface area contributed by atoms with Crippen LogP contribution in [-0.2, 0) is 11.3 Å². The van der Waals surface area contributed by atoms with Crippen LogP contribution in [0.2, 0.25) is 0 Å². The van der Waals surface area contributed by atoms with Crippen molar-refractivity contribution in [1.29, 1.82) is 0 Å². The molecule has 0 aliphatic heterocycles. The van der Waals surface area contributed by atoms with E-state index in [0.29, 0.717) is 18.9 Å². The number of hydrogen-bond acceptors (Lipinski definition) is 3. The topological polar surface area (TPSA) is 38.8 Å². The van der Waals surface area contributed by atoms with E-state index in [0.717, 1.165) is 15.8 Å².